The summed E-state index contributed by atoms with van der Waals surface area (Å²) in [4.78, 5) is 2.34. The van der Waals surface area contributed by atoms with E-state index in [1.54, 1.807) is 7.11 Å². The summed E-state index contributed by atoms with van der Waals surface area (Å²) in [7, 11) is 3.92. The molecule has 0 saturated carbocycles. The first-order valence-electron chi connectivity index (χ1n) is 7.15. The molecule has 0 spiro atoms. The molecule has 0 bridgehead atoms. The molecule has 0 radical (unpaired) electrons. The van der Waals surface area contributed by atoms with Crippen LogP contribution in [0, 0.1) is 0 Å². The molecule has 0 amide bonds. The fraction of sp³-hybridized carbons (Fsp3) is 0.625. The number of methoxy groups -OCH3 is 1. The molecule has 1 aromatic carbocycles. The predicted molar refractivity (Wildman–Crippen MR) is 81.5 cm³/mol. The van der Waals surface area contributed by atoms with Crippen molar-refractivity contribution < 1.29 is 4.74 Å². The van der Waals surface area contributed by atoms with Crippen LogP contribution in [0.1, 0.15) is 25.0 Å². The number of nitrogens with zero attached hydrogens (tertiary/aromatic N) is 1. The van der Waals surface area contributed by atoms with E-state index in [1.165, 1.54) is 11.1 Å². The Bertz CT molecular complexity index is 354. The van der Waals surface area contributed by atoms with Crippen LogP contribution in [-0.2, 0) is 17.7 Å². The van der Waals surface area contributed by atoms with E-state index in [0.29, 0.717) is 6.04 Å². The van der Waals surface area contributed by atoms with Crippen LogP contribution < -0.4 is 5.32 Å². The summed E-state index contributed by atoms with van der Waals surface area (Å²) in [6.07, 6.45) is 1.09. The second kappa shape index (κ2) is 9.08. The SMILES string of the molecule is CCNCCc1ccccc1CN(C)C(C)COC. The first kappa shape index (κ1) is 16.2. The average molecular weight is 264 g/mol. The quantitative estimate of drug-likeness (QED) is 0.693. The zero-order chi connectivity index (χ0) is 14.1. The van der Waals surface area contributed by atoms with Crippen LogP contribution in [-0.4, -0.2) is 44.8 Å². The Hall–Kier alpha value is -0.900. The van der Waals surface area contributed by atoms with Crippen molar-refractivity contribution in [3.63, 3.8) is 0 Å². The van der Waals surface area contributed by atoms with E-state index < -0.39 is 0 Å². The zero-order valence-corrected chi connectivity index (χ0v) is 12.8. The fourth-order valence-corrected chi connectivity index (χ4v) is 2.15. The van der Waals surface area contributed by atoms with Gasteiger partial charge in [-0.1, -0.05) is 31.2 Å². The first-order valence-corrected chi connectivity index (χ1v) is 7.15. The van der Waals surface area contributed by atoms with Crippen LogP contribution in [0.3, 0.4) is 0 Å². The number of nitrogens with one attached hydrogen (secondary N) is 1. The van der Waals surface area contributed by atoms with E-state index >= 15 is 0 Å². The van der Waals surface area contributed by atoms with Crippen molar-refractivity contribution in [3.05, 3.63) is 35.4 Å². The molecule has 108 valence electrons. The molecule has 0 aliphatic carbocycles. The topological polar surface area (TPSA) is 24.5 Å². The summed E-state index contributed by atoms with van der Waals surface area (Å²) >= 11 is 0. The van der Waals surface area contributed by atoms with Gasteiger partial charge in [0.25, 0.3) is 0 Å². The van der Waals surface area contributed by atoms with Gasteiger partial charge in [0.1, 0.15) is 0 Å². The Kier molecular flexibility index (Phi) is 7.72. The second-order valence-corrected chi connectivity index (χ2v) is 5.09. The van der Waals surface area contributed by atoms with Gasteiger partial charge in [-0.15, -0.1) is 0 Å². The van der Waals surface area contributed by atoms with E-state index in [9.17, 15) is 0 Å². The molecule has 1 unspecified atom stereocenters. The van der Waals surface area contributed by atoms with Gasteiger partial charge in [0.05, 0.1) is 6.61 Å². The molecule has 0 aromatic heterocycles. The van der Waals surface area contributed by atoms with Gasteiger partial charge in [0.2, 0.25) is 0 Å². The maximum absolute atomic E-state index is 5.22. The van der Waals surface area contributed by atoms with E-state index in [4.69, 9.17) is 4.74 Å². The first-order chi connectivity index (χ1) is 9.19. The van der Waals surface area contributed by atoms with Crippen LogP contribution in [0.5, 0.6) is 0 Å². The van der Waals surface area contributed by atoms with Gasteiger partial charge in [-0.2, -0.15) is 0 Å². The molecule has 0 fully saturated rings. The van der Waals surface area contributed by atoms with Crippen LogP contribution in [0.25, 0.3) is 0 Å². The third kappa shape index (κ3) is 5.72. The summed E-state index contributed by atoms with van der Waals surface area (Å²) in [6, 6.07) is 9.16. The van der Waals surface area contributed by atoms with Crippen LogP contribution in [0.4, 0.5) is 0 Å². The minimum Gasteiger partial charge on any atom is -0.383 e. The Morgan fingerprint density at radius 1 is 1.26 bits per heavy atom. The molecule has 1 aromatic rings. The highest BCUT2D eigenvalue weighted by Gasteiger charge is 2.11. The third-order valence-electron chi connectivity index (χ3n) is 3.52. The number of hydrogen-bond donors (Lipinski definition) is 1. The van der Waals surface area contributed by atoms with Crippen molar-refractivity contribution in [2.45, 2.75) is 32.9 Å². The predicted octanol–water partition coefficient (Wildman–Crippen LogP) is 2.31. The molecule has 3 nitrogen and oxygen atoms in total. The minimum atomic E-state index is 0.437. The van der Waals surface area contributed by atoms with E-state index in [0.717, 1.165) is 32.7 Å². The van der Waals surface area contributed by atoms with Gasteiger partial charge in [0.15, 0.2) is 0 Å². The normalized spacial score (nSPS) is 12.9. The molecule has 1 rings (SSSR count). The molecule has 0 aliphatic heterocycles. The Morgan fingerprint density at radius 3 is 2.58 bits per heavy atom. The van der Waals surface area contributed by atoms with Crippen molar-refractivity contribution in [1.29, 1.82) is 0 Å². The Labute approximate surface area is 118 Å². The lowest BCUT2D eigenvalue weighted by Gasteiger charge is -2.25. The summed E-state index contributed by atoms with van der Waals surface area (Å²) in [5, 5.41) is 3.39. The molecule has 0 saturated heterocycles. The summed E-state index contributed by atoms with van der Waals surface area (Å²) in [5.41, 5.74) is 2.87. The van der Waals surface area contributed by atoms with Crippen LogP contribution >= 0.6 is 0 Å². The van der Waals surface area contributed by atoms with Gasteiger partial charge in [-0.25, -0.2) is 0 Å². The Morgan fingerprint density at radius 2 is 1.95 bits per heavy atom. The molecule has 3 heteroatoms. The van der Waals surface area contributed by atoms with E-state index in [-0.39, 0.29) is 0 Å². The lowest BCUT2D eigenvalue weighted by molar-refractivity contribution is 0.112. The lowest BCUT2D eigenvalue weighted by Crippen LogP contribution is -2.32. The van der Waals surface area contributed by atoms with Crippen molar-refractivity contribution in [1.82, 2.24) is 10.2 Å². The molecule has 1 atom stereocenters. The van der Waals surface area contributed by atoms with E-state index in [1.807, 2.05) is 0 Å². The highest BCUT2D eigenvalue weighted by atomic mass is 16.5. The largest absolute Gasteiger partial charge is 0.383 e. The summed E-state index contributed by atoms with van der Waals surface area (Å²) < 4.78 is 5.22. The number of hydrogen-bond acceptors (Lipinski definition) is 3. The van der Waals surface area contributed by atoms with Crippen LogP contribution in [0.2, 0.25) is 0 Å². The number of rotatable bonds is 9. The Balaban J connectivity index is 2.61. The highest BCUT2D eigenvalue weighted by molar-refractivity contribution is 5.27. The maximum Gasteiger partial charge on any atom is 0.0615 e. The summed E-state index contributed by atoms with van der Waals surface area (Å²) in [6.45, 7) is 8.18. The zero-order valence-electron chi connectivity index (χ0n) is 12.8. The smallest absolute Gasteiger partial charge is 0.0615 e. The van der Waals surface area contributed by atoms with Gasteiger partial charge in [-0.05, 0) is 44.6 Å². The highest BCUT2D eigenvalue weighted by Crippen LogP contribution is 2.13. The average Bonchev–Trinajstić information content (AvgIpc) is 2.41. The van der Waals surface area contributed by atoms with Crippen molar-refractivity contribution >= 4 is 0 Å². The van der Waals surface area contributed by atoms with Crippen molar-refractivity contribution in [2.24, 2.45) is 0 Å². The molecular weight excluding hydrogens is 236 g/mol. The minimum absolute atomic E-state index is 0.437. The second-order valence-electron chi connectivity index (χ2n) is 5.09. The maximum atomic E-state index is 5.22. The molecule has 0 aliphatic rings. The standard InChI is InChI=1S/C16H28N2O/c1-5-17-11-10-15-8-6-7-9-16(15)12-18(3)14(2)13-19-4/h6-9,14,17H,5,10-13H2,1-4H3. The lowest BCUT2D eigenvalue weighted by atomic mass is 10.0. The van der Waals surface area contributed by atoms with Gasteiger partial charge in [0, 0.05) is 19.7 Å². The third-order valence-corrected chi connectivity index (χ3v) is 3.52. The van der Waals surface area contributed by atoms with Crippen molar-refractivity contribution in [3.8, 4) is 0 Å². The van der Waals surface area contributed by atoms with E-state index in [2.05, 4.69) is 55.4 Å². The molecular formula is C16H28N2O. The number of ether oxygens (including phenoxy) is 1. The number of likely N-dealkylation sites (N-methyl/N-ethyl adjacent to an activating group) is 2. The van der Waals surface area contributed by atoms with Gasteiger partial charge < -0.3 is 10.1 Å². The molecule has 1 N–H and O–H groups in total. The summed E-state index contributed by atoms with van der Waals surface area (Å²) in [5.74, 6) is 0. The monoisotopic (exact) mass is 264 g/mol. The van der Waals surface area contributed by atoms with Gasteiger partial charge >= 0.3 is 0 Å². The molecule has 0 heterocycles. The molecule has 19 heavy (non-hydrogen) atoms. The fourth-order valence-electron chi connectivity index (χ4n) is 2.15. The van der Waals surface area contributed by atoms with Crippen molar-refractivity contribution in [2.75, 3.05) is 33.9 Å². The van der Waals surface area contributed by atoms with Gasteiger partial charge in [-0.3, -0.25) is 4.90 Å². The number of benzene rings is 1. The van der Waals surface area contributed by atoms with Crippen LogP contribution in [0.15, 0.2) is 24.3 Å².